The topological polar surface area (TPSA) is 61.4 Å². The maximum atomic E-state index is 12.2. The lowest BCUT2D eigenvalue weighted by Crippen LogP contribution is -2.42. The Morgan fingerprint density at radius 1 is 1.47 bits per heavy atom. The van der Waals surface area contributed by atoms with Crippen LogP contribution >= 0.6 is 0 Å². The zero-order valence-corrected chi connectivity index (χ0v) is 10.6. The fourth-order valence-corrected chi connectivity index (χ4v) is 2.76. The Morgan fingerprint density at radius 3 is 2.82 bits per heavy atom. The van der Waals surface area contributed by atoms with Gasteiger partial charge in [0.1, 0.15) is 0 Å². The van der Waals surface area contributed by atoms with Crippen LogP contribution in [0.3, 0.4) is 0 Å². The van der Waals surface area contributed by atoms with Crippen molar-refractivity contribution in [2.45, 2.75) is 19.8 Å². The number of amides is 2. The van der Waals surface area contributed by atoms with Crippen molar-refractivity contribution >= 4 is 11.8 Å². The van der Waals surface area contributed by atoms with Gasteiger partial charge in [0.15, 0.2) is 0 Å². The summed E-state index contributed by atoms with van der Waals surface area (Å²) in [6, 6.07) is 0. The van der Waals surface area contributed by atoms with E-state index in [-0.39, 0.29) is 17.7 Å². The number of carbonyl (C=O) groups is 2. The van der Waals surface area contributed by atoms with Crippen LogP contribution in [-0.4, -0.2) is 49.9 Å². The molecule has 2 saturated heterocycles. The van der Waals surface area contributed by atoms with Gasteiger partial charge < -0.3 is 15.5 Å². The lowest BCUT2D eigenvalue weighted by molar-refractivity contribution is -0.135. The summed E-state index contributed by atoms with van der Waals surface area (Å²) in [7, 11) is 1.65. The molecule has 0 aromatic heterocycles. The summed E-state index contributed by atoms with van der Waals surface area (Å²) >= 11 is 0. The van der Waals surface area contributed by atoms with Gasteiger partial charge in [-0.05, 0) is 26.3 Å². The number of nitrogens with zero attached hydrogens (tertiary/aromatic N) is 1. The van der Waals surface area contributed by atoms with Crippen LogP contribution in [0.2, 0.25) is 0 Å². The molecule has 5 nitrogen and oxygen atoms in total. The van der Waals surface area contributed by atoms with Gasteiger partial charge in [-0.1, -0.05) is 0 Å². The first-order chi connectivity index (χ1) is 8.07. The van der Waals surface area contributed by atoms with Crippen LogP contribution in [0.4, 0.5) is 0 Å². The van der Waals surface area contributed by atoms with E-state index in [1.807, 2.05) is 11.8 Å². The number of carbonyl (C=O) groups excluding carboxylic acids is 2. The Balaban J connectivity index is 1.97. The molecule has 2 heterocycles. The average molecular weight is 239 g/mol. The molecule has 0 aliphatic carbocycles. The summed E-state index contributed by atoms with van der Waals surface area (Å²) in [4.78, 5) is 25.8. The molecule has 0 radical (unpaired) electrons. The number of likely N-dealkylation sites (tertiary alicyclic amines) is 1. The molecule has 2 atom stereocenters. The maximum absolute atomic E-state index is 12.2. The second-order valence-electron chi connectivity index (χ2n) is 5.34. The van der Waals surface area contributed by atoms with E-state index in [1.165, 1.54) is 0 Å². The van der Waals surface area contributed by atoms with Gasteiger partial charge in [-0.25, -0.2) is 0 Å². The molecule has 0 aromatic rings. The Morgan fingerprint density at radius 2 is 2.24 bits per heavy atom. The molecule has 2 aliphatic rings. The van der Waals surface area contributed by atoms with Gasteiger partial charge in [-0.2, -0.15) is 0 Å². The van der Waals surface area contributed by atoms with E-state index in [4.69, 9.17) is 0 Å². The minimum atomic E-state index is -0.406. The summed E-state index contributed by atoms with van der Waals surface area (Å²) in [5, 5.41) is 5.89. The van der Waals surface area contributed by atoms with Crippen molar-refractivity contribution in [1.82, 2.24) is 15.5 Å². The summed E-state index contributed by atoms with van der Waals surface area (Å²) in [5.41, 5.74) is -0.406. The van der Waals surface area contributed by atoms with Gasteiger partial charge in [0.05, 0.1) is 11.3 Å². The highest BCUT2D eigenvalue weighted by Gasteiger charge is 2.42. The van der Waals surface area contributed by atoms with Gasteiger partial charge in [-0.15, -0.1) is 0 Å². The lowest BCUT2D eigenvalue weighted by atomic mass is 9.89. The summed E-state index contributed by atoms with van der Waals surface area (Å²) < 4.78 is 0. The smallest absolute Gasteiger partial charge is 0.227 e. The quantitative estimate of drug-likeness (QED) is 0.688. The molecule has 5 heteroatoms. The van der Waals surface area contributed by atoms with E-state index >= 15 is 0 Å². The van der Waals surface area contributed by atoms with Gasteiger partial charge in [0, 0.05) is 26.7 Å². The van der Waals surface area contributed by atoms with Crippen molar-refractivity contribution < 1.29 is 9.59 Å². The third kappa shape index (κ3) is 2.29. The predicted molar refractivity (Wildman–Crippen MR) is 64.3 cm³/mol. The normalized spacial score (nSPS) is 32.8. The van der Waals surface area contributed by atoms with E-state index in [0.717, 1.165) is 25.9 Å². The van der Waals surface area contributed by atoms with Crippen LogP contribution in [0, 0.1) is 11.3 Å². The Labute approximate surface area is 102 Å². The molecule has 0 aromatic carbocycles. The summed E-state index contributed by atoms with van der Waals surface area (Å²) in [6.45, 7) is 4.91. The lowest BCUT2D eigenvalue weighted by Gasteiger charge is -2.24. The third-order valence-electron chi connectivity index (χ3n) is 3.97. The van der Waals surface area contributed by atoms with Gasteiger partial charge in [0.25, 0.3) is 0 Å². The molecule has 2 unspecified atom stereocenters. The second kappa shape index (κ2) is 4.64. The average Bonchev–Trinajstić information content (AvgIpc) is 2.96. The highest BCUT2D eigenvalue weighted by atomic mass is 16.2. The van der Waals surface area contributed by atoms with Crippen LogP contribution in [-0.2, 0) is 9.59 Å². The van der Waals surface area contributed by atoms with Gasteiger partial charge >= 0.3 is 0 Å². The first-order valence-corrected chi connectivity index (χ1v) is 6.28. The Hall–Kier alpha value is -1.10. The fourth-order valence-electron chi connectivity index (χ4n) is 2.76. The standard InChI is InChI=1S/C12H21N3O2/c1-12(11(17)13-2)4-6-15(8-12)10(16)9-3-5-14-7-9/h9,14H,3-8H2,1-2H3,(H,13,17). The fraction of sp³-hybridized carbons (Fsp3) is 0.833. The molecule has 0 bridgehead atoms. The molecule has 0 spiro atoms. The largest absolute Gasteiger partial charge is 0.359 e. The summed E-state index contributed by atoms with van der Waals surface area (Å²) in [5.74, 6) is 0.363. The van der Waals surface area contributed by atoms with E-state index in [9.17, 15) is 9.59 Å². The van der Waals surface area contributed by atoms with Crippen LogP contribution < -0.4 is 10.6 Å². The third-order valence-corrected chi connectivity index (χ3v) is 3.97. The van der Waals surface area contributed by atoms with Crippen LogP contribution in [0.25, 0.3) is 0 Å². The number of hydrogen-bond donors (Lipinski definition) is 2. The van der Waals surface area contributed by atoms with Crippen LogP contribution in [0.5, 0.6) is 0 Å². The number of hydrogen-bond acceptors (Lipinski definition) is 3. The highest BCUT2D eigenvalue weighted by molar-refractivity contribution is 5.85. The summed E-state index contributed by atoms with van der Waals surface area (Å²) in [6.07, 6.45) is 1.69. The SMILES string of the molecule is CNC(=O)C1(C)CCN(C(=O)C2CCNC2)C1. The Bertz CT molecular complexity index is 326. The van der Waals surface area contributed by atoms with E-state index in [0.29, 0.717) is 13.1 Å². The maximum Gasteiger partial charge on any atom is 0.227 e. The zero-order chi connectivity index (χ0) is 12.5. The molecule has 2 N–H and O–H groups in total. The number of nitrogens with one attached hydrogen (secondary N) is 2. The van der Waals surface area contributed by atoms with Crippen molar-refractivity contribution in [2.24, 2.45) is 11.3 Å². The van der Waals surface area contributed by atoms with Crippen molar-refractivity contribution in [3.63, 3.8) is 0 Å². The van der Waals surface area contributed by atoms with E-state index in [2.05, 4.69) is 10.6 Å². The van der Waals surface area contributed by atoms with E-state index in [1.54, 1.807) is 7.05 Å². The first kappa shape index (κ1) is 12.4. The van der Waals surface area contributed by atoms with Crippen molar-refractivity contribution in [1.29, 1.82) is 0 Å². The molecule has 96 valence electrons. The first-order valence-electron chi connectivity index (χ1n) is 6.28. The molecular weight excluding hydrogens is 218 g/mol. The monoisotopic (exact) mass is 239 g/mol. The van der Waals surface area contributed by atoms with Crippen molar-refractivity contribution in [2.75, 3.05) is 33.2 Å². The Kier molecular flexibility index (Phi) is 3.38. The molecule has 17 heavy (non-hydrogen) atoms. The van der Waals surface area contributed by atoms with E-state index < -0.39 is 5.41 Å². The minimum absolute atomic E-state index is 0.0392. The second-order valence-corrected chi connectivity index (χ2v) is 5.34. The van der Waals surface area contributed by atoms with Crippen molar-refractivity contribution in [3.8, 4) is 0 Å². The molecule has 2 amide bonds. The van der Waals surface area contributed by atoms with Gasteiger partial charge in [-0.3, -0.25) is 9.59 Å². The molecule has 2 fully saturated rings. The zero-order valence-electron chi connectivity index (χ0n) is 10.6. The highest BCUT2D eigenvalue weighted by Crippen LogP contribution is 2.31. The van der Waals surface area contributed by atoms with Crippen LogP contribution in [0.15, 0.2) is 0 Å². The predicted octanol–water partition coefficient (Wildman–Crippen LogP) is -0.419. The number of rotatable bonds is 2. The minimum Gasteiger partial charge on any atom is -0.359 e. The molecule has 2 rings (SSSR count). The molecule has 2 aliphatic heterocycles. The molecular formula is C12H21N3O2. The van der Waals surface area contributed by atoms with Gasteiger partial charge in [0.2, 0.25) is 11.8 Å². The van der Waals surface area contributed by atoms with Crippen LogP contribution in [0.1, 0.15) is 19.8 Å². The van der Waals surface area contributed by atoms with Crippen molar-refractivity contribution in [3.05, 3.63) is 0 Å². The molecule has 0 saturated carbocycles.